The Balaban J connectivity index is 4.38. The van der Waals surface area contributed by atoms with Crippen LogP contribution in [0.25, 0.3) is 0 Å². The lowest BCUT2D eigenvalue weighted by Crippen LogP contribution is -2.41. The maximum Gasteiger partial charge on any atom is 0.307 e. The zero-order valence-corrected chi connectivity index (χ0v) is 10.9. The van der Waals surface area contributed by atoms with Crippen molar-refractivity contribution in [1.82, 2.24) is 9.62 Å². The maximum absolute atomic E-state index is 11.7. The second-order valence-corrected chi connectivity index (χ2v) is 6.20. The number of likely N-dealkylation sites (N-methyl/N-ethyl adjacent to an activating group) is 1. The van der Waals surface area contributed by atoms with Crippen LogP contribution in [-0.2, 0) is 14.8 Å². The number of carboxylic acid groups (broad SMARTS) is 1. The van der Waals surface area contributed by atoms with Crippen LogP contribution >= 0.6 is 0 Å². The highest BCUT2D eigenvalue weighted by Gasteiger charge is 2.30. The molecule has 0 heterocycles. The fourth-order valence-electron chi connectivity index (χ4n) is 1.01. The molecule has 6 nitrogen and oxygen atoms in total. The van der Waals surface area contributed by atoms with Crippen LogP contribution in [0.5, 0.6) is 0 Å². The van der Waals surface area contributed by atoms with Crippen molar-refractivity contribution in [2.75, 3.05) is 27.2 Å². The van der Waals surface area contributed by atoms with E-state index in [0.717, 1.165) is 0 Å². The highest BCUT2D eigenvalue weighted by molar-refractivity contribution is 7.90. The number of rotatable bonds is 7. The van der Waals surface area contributed by atoms with Crippen molar-refractivity contribution < 1.29 is 18.3 Å². The Morgan fingerprint density at radius 2 is 1.88 bits per heavy atom. The van der Waals surface area contributed by atoms with Gasteiger partial charge in [0.2, 0.25) is 10.0 Å². The Morgan fingerprint density at radius 1 is 1.38 bits per heavy atom. The second-order valence-electron chi connectivity index (χ2n) is 4.07. The first-order chi connectivity index (χ1) is 7.18. The second kappa shape index (κ2) is 6.17. The van der Waals surface area contributed by atoms with Crippen molar-refractivity contribution in [3.63, 3.8) is 0 Å². The monoisotopic (exact) mass is 252 g/mol. The molecule has 0 aromatic rings. The van der Waals surface area contributed by atoms with Crippen molar-refractivity contribution >= 4 is 16.0 Å². The lowest BCUT2D eigenvalue weighted by Gasteiger charge is -2.18. The Hall–Kier alpha value is -0.660. The molecule has 2 N–H and O–H groups in total. The zero-order chi connectivity index (χ0) is 12.9. The molecule has 0 aromatic carbocycles. The average molecular weight is 252 g/mol. The van der Waals surface area contributed by atoms with Crippen LogP contribution in [-0.4, -0.2) is 56.8 Å². The SMILES string of the molecule is CC(C(=O)O)[C@H](C)S(=O)(=O)NCCN(C)C. The molecule has 2 atom stereocenters. The maximum atomic E-state index is 11.7. The molecule has 0 spiro atoms. The fraction of sp³-hybridized carbons (Fsp3) is 0.889. The summed E-state index contributed by atoms with van der Waals surface area (Å²) in [5.41, 5.74) is 0. The first kappa shape index (κ1) is 15.3. The van der Waals surface area contributed by atoms with Crippen LogP contribution in [0.15, 0.2) is 0 Å². The third-order valence-corrected chi connectivity index (χ3v) is 4.44. The van der Waals surface area contributed by atoms with Crippen LogP contribution in [0.2, 0.25) is 0 Å². The Kier molecular flexibility index (Phi) is 5.91. The van der Waals surface area contributed by atoms with Crippen LogP contribution in [0.1, 0.15) is 13.8 Å². The molecule has 0 aliphatic carbocycles. The molecule has 0 fully saturated rings. The predicted molar refractivity (Wildman–Crippen MR) is 61.7 cm³/mol. The molecule has 96 valence electrons. The van der Waals surface area contributed by atoms with E-state index in [-0.39, 0.29) is 6.54 Å². The van der Waals surface area contributed by atoms with Crippen LogP contribution in [0.4, 0.5) is 0 Å². The van der Waals surface area contributed by atoms with E-state index in [2.05, 4.69) is 4.72 Å². The normalized spacial score (nSPS) is 16.1. The van der Waals surface area contributed by atoms with Crippen LogP contribution in [0, 0.1) is 5.92 Å². The van der Waals surface area contributed by atoms with Crippen molar-refractivity contribution in [3.8, 4) is 0 Å². The van der Waals surface area contributed by atoms with Gasteiger partial charge in [-0.1, -0.05) is 6.92 Å². The van der Waals surface area contributed by atoms with Crippen molar-refractivity contribution in [2.24, 2.45) is 5.92 Å². The molecule has 0 saturated carbocycles. The third kappa shape index (κ3) is 4.91. The summed E-state index contributed by atoms with van der Waals surface area (Å²) < 4.78 is 25.7. The summed E-state index contributed by atoms with van der Waals surface area (Å²) in [6.07, 6.45) is 0. The van der Waals surface area contributed by atoms with Gasteiger partial charge in [-0.05, 0) is 21.0 Å². The minimum absolute atomic E-state index is 0.284. The third-order valence-electron chi connectivity index (χ3n) is 2.45. The van der Waals surface area contributed by atoms with E-state index in [1.54, 1.807) is 0 Å². The topological polar surface area (TPSA) is 86.7 Å². The average Bonchev–Trinajstić information content (AvgIpc) is 2.14. The largest absolute Gasteiger partial charge is 0.481 e. The van der Waals surface area contributed by atoms with E-state index in [4.69, 9.17) is 5.11 Å². The van der Waals surface area contributed by atoms with E-state index >= 15 is 0 Å². The van der Waals surface area contributed by atoms with Gasteiger partial charge in [0.1, 0.15) is 0 Å². The van der Waals surface area contributed by atoms with Gasteiger partial charge in [0, 0.05) is 13.1 Å². The summed E-state index contributed by atoms with van der Waals surface area (Å²) in [6, 6.07) is 0. The molecule has 1 unspecified atom stereocenters. The van der Waals surface area contributed by atoms with Gasteiger partial charge in [-0.25, -0.2) is 13.1 Å². The highest BCUT2D eigenvalue weighted by atomic mass is 32.2. The molecule has 0 bridgehead atoms. The molecule has 0 rings (SSSR count). The van der Waals surface area contributed by atoms with E-state index < -0.39 is 27.2 Å². The van der Waals surface area contributed by atoms with Crippen molar-refractivity contribution in [2.45, 2.75) is 19.1 Å². The van der Waals surface area contributed by atoms with Gasteiger partial charge in [0.05, 0.1) is 11.2 Å². The van der Waals surface area contributed by atoms with Gasteiger partial charge in [-0.3, -0.25) is 4.79 Å². The smallest absolute Gasteiger partial charge is 0.307 e. The summed E-state index contributed by atoms with van der Waals surface area (Å²) in [7, 11) is 0.104. The van der Waals surface area contributed by atoms with E-state index in [0.29, 0.717) is 6.54 Å². The fourth-order valence-corrected chi connectivity index (χ4v) is 2.31. The van der Waals surface area contributed by atoms with E-state index in [1.165, 1.54) is 13.8 Å². The Morgan fingerprint density at radius 3 is 2.25 bits per heavy atom. The Bertz CT molecular complexity index is 326. The van der Waals surface area contributed by atoms with Gasteiger partial charge >= 0.3 is 5.97 Å². The standard InChI is InChI=1S/C9H20N2O4S/c1-7(9(12)13)8(2)16(14,15)10-5-6-11(3)4/h7-8,10H,5-6H2,1-4H3,(H,12,13)/t7?,8-/m0/s1. The number of carbonyl (C=O) groups is 1. The summed E-state index contributed by atoms with van der Waals surface area (Å²) in [5.74, 6) is -2.03. The van der Waals surface area contributed by atoms with Gasteiger partial charge < -0.3 is 10.0 Å². The summed E-state index contributed by atoms with van der Waals surface area (Å²) in [4.78, 5) is 12.5. The van der Waals surface area contributed by atoms with E-state index in [9.17, 15) is 13.2 Å². The Labute approximate surface area is 96.7 Å². The van der Waals surface area contributed by atoms with Gasteiger partial charge in [-0.2, -0.15) is 0 Å². The minimum Gasteiger partial charge on any atom is -0.481 e. The molecule has 0 radical (unpaired) electrons. The summed E-state index contributed by atoms with van der Waals surface area (Å²) in [5, 5.41) is 7.79. The van der Waals surface area contributed by atoms with Crippen LogP contribution in [0.3, 0.4) is 0 Å². The lowest BCUT2D eigenvalue weighted by molar-refractivity contribution is -0.141. The quantitative estimate of drug-likeness (QED) is 0.642. The number of nitrogens with one attached hydrogen (secondary N) is 1. The molecular weight excluding hydrogens is 232 g/mol. The number of carboxylic acids is 1. The van der Waals surface area contributed by atoms with E-state index in [1.807, 2.05) is 19.0 Å². The molecule has 0 aliphatic rings. The molecule has 0 amide bonds. The van der Waals surface area contributed by atoms with Crippen molar-refractivity contribution in [1.29, 1.82) is 0 Å². The summed E-state index contributed by atoms with van der Waals surface area (Å²) in [6.45, 7) is 3.65. The molecule has 7 heteroatoms. The van der Waals surface area contributed by atoms with Gasteiger partial charge in [-0.15, -0.1) is 0 Å². The molecule has 0 aromatic heterocycles. The molecule has 0 saturated heterocycles. The first-order valence-corrected chi connectivity index (χ1v) is 6.59. The first-order valence-electron chi connectivity index (χ1n) is 5.04. The zero-order valence-electron chi connectivity index (χ0n) is 10.1. The lowest BCUT2D eigenvalue weighted by atomic mass is 10.1. The van der Waals surface area contributed by atoms with Crippen molar-refractivity contribution in [3.05, 3.63) is 0 Å². The molecule has 0 aliphatic heterocycles. The van der Waals surface area contributed by atoms with Crippen LogP contribution < -0.4 is 4.72 Å². The number of aliphatic carboxylic acids is 1. The number of sulfonamides is 1. The van der Waals surface area contributed by atoms with Gasteiger partial charge in [0.15, 0.2) is 0 Å². The predicted octanol–water partition coefficient (Wildman–Crippen LogP) is -0.423. The number of hydrogen-bond acceptors (Lipinski definition) is 4. The summed E-state index contributed by atoms with van der Waals surface area (Å²) >= 11 is 0. The molecular formula is C9H20N2O4S. The highest BCUT2D eigenvalue weighted by Crippen LogP contribution is 2.11. The molecule has 16 heavy (non-hydrogen) atoms. The number of hydrogen-bond donors (Lipinski definition) is 2. The van der Waals surface area contributed by atoms with Gasteiger partial charge in [0.25, 0.3) is 0 Å². The minimum atomic E-state index is -3.56. The number of nitrogens with zero attached hydrogens (tertiary/aromatic N) is 1.